The number of nitrogens with one attached hydrogen (secondary N) is 1. The highest BCUT2D eigenvalue weighted by Crippen LogP contribution is 2.48. The maximum atomic E-state index is 12.1. The van der Waals surface area contributed by atoms with E-state index in [1.807, 2.05) is 0 Å². The lowest BCUT2D eigenvalue weighted by molar-refractivity contribution is -0.121. The van der Waals surface area contributed by atoms with Crippen LogP contribution in [-0.2, 0) is 4.79 Å². The Bertz CT molecular complexity index is 414. The van der Waals surface area contributed by atoms with Gasteiger partial charge in [-0.05, 0) is 43.9 Å². The Balaban J connectivity index is 1.51. The van der Waals surface area contributed by atoms with Gasteiger partial charge in [-0.3, -0.25) is 9.79 Å². The Morgan fingerprint density at radius 1 is 1.22 bits per heavy atom. The Morgan fingerprint density at radius 3 is 2.72 bits per heavy atom. The molecule has 0 radical (unpaired) electrons. The first-order chi connectivity index (χ1) is 8.75. The monoisotopic (exact) mass is 264 g/mol. The largest absolute Gasteiger partial charge is 0.304 e. The Hall–Kier alpha value is -0.510. The Kier molecular flexibility index (Phi) is 2.51. The molecule has 18 heavy (non-hydrogen) atoms. The van der Waals surface area contributed by atoms with Crippen LogP contribution in [-0.4, -0.2) is 21.9 Å². The van der Waals surface area contributed by atoms with Crippen molar-refractivity contribution in [3.05, 3.63) is 0 Å². The number of fused-ring (bicyclic) bond motifs is 2. The second-order valence-corrected chi connectivity index (χ2v) is 7.81. The van der Waals surface area contributed by atoms with Crippen LogP contribution in [0.15, 0.2) is 4.99 Å². The van der Waals surface area contributed by atoms with Crippen molar-refractivity contribution in [1.82, 2.24) is 5.32 Å². The summed E-state index contributed by atoms with van der Waals surface area (Å²) in [6, 6.07) is 0.503. The number of nitrogens with zero attached hydrogens (tertiary/aromatic N) is 1. The van der Waals surface area contributed by atoms with Gasteiger partial charge in [-0.1, -0.05) is 31.0 Å². The van der Waals surface area contributed by atoms with E-state index in [0.717, 1.165) is 29.8 Å². The molecule has 1 spiro atoms. The fourth-order valence-corrected chi connectivity index (χ4v) is 5.66. The molecule has 3 saturated carbocycles. The molecule has 3 atom stereocenters. The SMILES string of the molecule is O=C1NC(=N[C@H]2C[C@H]3CC[C@H]2C3)SC12CCCC2. The molecule has 4 rings (SSSR count). The van der Waals surface area contributed by atoms with Crippen molar-refractivity contribution >= 4 is 22.8 Å². The molecular weight excluding hydrogens is 244 g/mol. The van der Waals surface area contributed by atoms with Gasteiger partial charge in [0.2, 0.25) is 5.91 Å². The van der Waals surface area contributed by atoms with Crippen molar-refractivity contribution in [2.45, 2.75) is 62.2 Å². The third kappa shape index (κ3) is 1.64. The van der Waals surface area contributed by atoms with Gasteiger partial charge in [0, 0.05) is 0 Å². The number of carbonyl (C=O) groups excluding carboxylic acids is 1. The number of aliphatic imine (C=N–C) groups is 1. The first-order valence-electron chi connectivity index (χ1n) is 7.33. The summed E-state index contributed by atoms with van der Waals surface area (Å²) in [4.78, 5) is 17.0. The highest BCUT2D eigenvalue weighted by atomic mass is 32.2. The molecule has 0 aromatic carbocycles. The van der Waals surface area contributed by atoms with Gasteiger partial charge >= 0.3 is 0 Å². The molecule has 1 amide bonds. The van der Waals surface area contributed by atoms with E-state index in [-0.39, 0.29) is 10.7 Å². The van der Waals surface area contributed by atoms with E-state index < -0.39 is 0 Å². The number of amidine groups is 1. The van der Waals surface area contributed by atoms with Crippen molar-refractivity contribution in [1.29, 1.82) is 0 Å². The van der Waals surface area contributed by atoms with Crippen LogP contribution in [0, 0.1) is 11.8 Å². The second-order valence-electron chi connectivity index (χ2n) is 6.43. The van der Waals surface area contributed by atoms with Gasteiger partial charge in [0.25, 0.3) is 0 Å². The Morgan fingerprint density at radius 2 is 2.06 bits per heavy atom. The smallest absolute Gasteiger partial charge is 0.242 e. The molecule has 3 aliphatic carbocycles. The first-order valence-corrected chi connectivity index (χ1v) is 8.15. The molecule has 0 aromatic rings. The molecule has 4 fully saturated rings. The third-order valence-electron chi connectivity index (χ3n) is 5.32. The highest BCUT2D eigenvalue weighted by molar-refractivity contribution is 8.16. The average Bonchev–Trinajstić information content (AvgIpc) is 3.06. The van der Waals surface area contributed by atoms with Crippen LogP contribution >= 0.6 is 11.8 Å². The zero-order valence-corrected chi connectivity index (χ0v) is 11.5. The molecule has 1 heterocycles. The average molecular weight is 264 g/mol. The summed E-state index contributed by atoms with van der Waals surface area (Å²) in [6.07, 6.45) is 9.89. The quantitative estimate of drug-likeness (QED) is 0.791. The molecule has 1 N–H and O–H groups in total. The summed E-state index contributed by atoms with van der Waals surface area (Å²) in [6.45, 7) is 0. The van der Waals surface area contributed by atoms with Crippen molar-refractivity contribution in [2.24, 2.45) is 16.8 Å². The van der Waals surface area contributed by atoms with Gasteiger partial charge in [0.1, 0.15) is 4.75 Å². The predicted molar refractivity (Wildman–Crippen MR) is 73.6 cm³/mol. The molecule has 4 heteroatoms. The zero-order chi connectivity index (χ0) is 12.2. The summed E-state index contributed by atoms with van der Waals surface area (Å²) < 4.78 is -0.142. The van der Waals surface area contributed by atoms with Crippen molar-refractivity contribution < 1.29 is 4.79 Å². The van der Waals surface area contributed by atoms with Gasteiger partial charge in [0.15, 0.2) is 5.17 Å². The molecule has 2 bridgehead atoms. The third-order valence-corrected chi connectivity index (χ3v) is 6.71. The zero-order valence-electron chi connectivity index (χ0n) is 10.7. The van der Waals surface area contributed by atoms with Crippen molar-refractivity contribution in [3.8, 4) is 0 Å². The molecule has 0 unspecified atom stereocenters. The summed E-state index contributed by atoms with van der Waals surface area (Å²) in [5.74, 6) is 1.96. The molecular formula is C14H20N2OS. The van der Waals surface area contributed by atoms with Crippen LogP contribution in [0.4, 0.5) is 0 Å². The van der Waals surface area contributed by atoms with Crippen LogP contribution in [0.1, 0.15) is 51.4 Å². The number of hydrogen-bond donors (Lipinski definition) is 1. The minimum absolute atomic E-state index is 0.142. The minimum Gasteiger partial charge on any atom is -0.304 e. The van der Waals surface area contributed by atoms with Crippen LogP contribution in [0.2, 0.25) is 0 Å². The molecule has 1 aliphatic heterocycles. The molecule has 1 saturated heterocycles. The van der Waals surface area contributed by atoms with Crippen molar-refractivity contribution in [2.75, 3.05) is 0 Å². The van der Waals surface area contributed by atoms with E-state index in [2.05, 4.69) is 5.32 Å². The van der Waals surface area contributed by atoms with E-state index in [1.165, 1.54) is 38.5 Å². The van der Waals surface area contributed by atoms with E-state index in [0.29, 0.717) is 6.04 Å². The molecule has 4 aliphatic rings. The Labute approximate surface area is 112 Å². The molecule has 98 valence electrons. The number of amides is 1. The van der Waals surface area contributed by atoms with Crippen LogP contribution in [0.5, 0.6) is 0 Å². The normalized spacial score (nSPS) is 43.2. The van der Waals surface area contributed by atoms with Gasteiger partial charge in [-0.15, -0.1) is 0 Å². The highest BCUT2D eigenvalue weighted by Gasteiger charge is 2.49. The topological polar surface area (TPSA) is 41.5 Å². The maximum absolute atomic E-state index is 12.1. The second kappa shape index (κ2) is 3.99. The molecule has 3 nitrogen and oxygen atoms in total. The van der Waals surface area contributed by atoms with E-state index in [4.69, 9.17) is 4.99 Å². The van der Waals surface area contributed by atoms with Gasteiger partial charge in [-0.25, -0.2) is 0 Å². The minimum atomic E-state index is -0.142. The van der Waals surface area contributed by atoms with Gasteiger partial charge < -0.3 is 5.32 Å². The first kappa shape index (κ1) is 11.3. The molecule has 0 aromatic heterocycles. The van der Waals surface area contributed by atoms with Gasteiger partial charge in [-0.2, -0.15) is 0 Å². The maximum Gasteiger partial charge on any atom is 0.242 e. The van der Waals surface area contributed by atoms with Crippen LogP contribution in [0.3, 0.4) is 0 Å². The summed E-state index contributed by atoms with van der Waals surface area (Å²) in [7, 11) is 0. The standard InChI is InChI=1S/C14H20N2OS/c17-12-14(5-1-2-6-14)18-13(16-12)15-11-8-9-3-4-10(11)7-9/h9-11H,1-8H2,(H,15,16,17)/t9-,10-,11-/m0/s1. The van der Waals surface area contributed by atoms with E-state index in [9.17, 15) is 4.79 Å². The lowest BCUT2D eigenvalue weighted by Gasteiger charge is -2.18. The number of hydrogen-bond acceptors (Lipinski definition) is 3. The number of rotatable bonds is 1. The van der Waals surface area contributed by atoms with Crippen LogP contribution < -0.4 is 5.32 Å². The summed E-state index contributed by atoms with van der Waals surface area (Å²) >= 11 is 1.73. The fraction of sp³-hybridized carbons (Fsp3) is 0.857. The number of carbonyl (C=O) groups is 1. The fourth-order valence-electron chi connectivity index (χ4n) is 4.32. The van der Waals surface area contributed by atoms with E-state index in [1.54, 1.807) is 11.8 Å². The lowest BCUT2D eigenvalue weighted by atomic mass is 9.96. The van der Waals surface area contributed by atoms with Crippen molar-refractivity contribution in [3.63, 3.8) is 0 Å². The number of thioether (sulfide) groups is 1. The van der Waals surface area contributed by atoms with E-state index >= 15 is 0 Å². The lowest BCUT2D eigenvalue weighted by Crippen LogP contribution is -2.34. The predicted octanol–water partition coefficient (Wildman–Crippen LogP) is 2.71. The summed E-state index contributed by atoms with van der Waals surface area (Å²) in [5.41, 5.74) is 0. The van der Waals surface area contributed by atoms with Gasteiger partial charge in [0.05, 0.1) is 6.04 Å². The van der Waals surface area contributed by atoms with Crippen LogP contribution in [0.25, 0.3) is 0 Å². The summed E-state index contributed by atoms with van der Waals surface area (Å²) in [5, 5.41) is 3.98.